The van der Waals surface area contributed by atoms with Crippen LogP contribution in [0.4, 0.5) is 0 Å². The minimum Gasteiger partial charge on any atom is -0.384 e. The third kappa shape index (κ3) is 2.19. The van der Waals surface area contributed by atoms with E-state index in [1.54, 1.807) is 13.8 Å². The molecule has 0 aromatic heterocycles. The topological polar surface area (TPSA) is 52.6 Å². The summed E-state index contributed by atoms with van der Waals surface area (Å²) in [4.78, 5) is 23.2. The molecule has 0 N–H and O–H groups in total. The Morgan fingerprint density at radius 1 is 1.64 bits per heavy atom. The summed E-state index contributed by atoms with van der Waals surface area (Å²) in [6.45, 7) is 3.97. The van der Waals surface area contributed by atoms with Gasteiger partial charge in [-0.25, -0.2) is 0 Å². The molecule has 1 aliphatic rings. The molecule has 0 aromatic rings. The van der Waals surface area contributed by atoms with Crippen LogP contribution in [-0.4, -0.2) is 37.5 Å². The Morgan fingerprint density at radius 3 is 2.71 bits per heavy atom. The van der Waals surface area contributed by atoms with Crippen molar-refractivity contribution in [2.45, 2.75) is 25.9 Å². The Balaban J connectivity index is 2.55. The van der Waals surface area contributed by atoms with Crippen molar-refractivity contribution in [3.05, 3.63) is 0 Å². The van der Waals surface area contributed by atoms with Crippen molar-refractivity contribution in [1.29, 1.82) is 0 Å². The van der Waals surface area contributed by atoms with E-state index in [2.05, 4.69) is 0 Å². The number of carbonyl (C=O) groups excluding carboxylic acids is 2. The summed E-state index contributed by atoms with van der Waals surface area (Å²) in [6.07, 6.45) is 0.284. The predicted molar refractivity (Wildman–Crippen MR) is 50.0 cm³/mol. The van der Waals surface area contributed by atoms with Crippen LogP contribution in [0.2, 0.25) is 0 Å². The van der Waals surface area contributed by atoms with E-state index in [0.29, 0.717) is 6.61 Å². The Morgan fingerprint density at radius 2 is 2.29 bits per heavy atom. The molecule has 1 aliphatic heterocycles. The fourth-order valence-electron chi connectivity index (χ4n) is 1.47. The van der Waals surface area contributed by atoms with Gasteiger partial charge in [-0.05, 0) is 13.8 Å². The van der Waals surface area contributed by atoms with E-state index in [9.17, 15) is 9.59 Å². The number of methoxy groups -OCH3 is 1. The van der Waals surface area contributed by atoms with E-state index < -0.39 is 11.5 Å². The van der Waals surface area contributed by atoms with Gasteiger partial charge in [0.05, 0.1) is 13.2 Å². The number of Topliss-reactive ketones (excluding diaryl/α,β-unsaturated/α-hetero) is 2. The molecule has 0 bridgehead atoms. The standard InChI is InChI=1S/C10H16O4/c1-10(2)9(12)7(6-14-10)8(11)4-5-13-3/h7H,4-6H2,1-3H3. The fraction of sp³-hybridized carbons (Fsp3) is 0.800. The highest BCUT2D eigenvalue weighted by atomic mass is 16.5. The van der Waals surface area contributed by atoms with E-state index >= 15 is 0 Å². The van der Waals surface area contributed by atoms with Gasteiger partial charge in [-0.3, -0.25) is 9.59 Å². The molecule has 0 aromatic carbocycles. The van der Waals surface area contributed by atoms with Crippen molar-refractivity contribution in [3.63, 3.8) is 0 Å². The SMILES string of the molecule is COCCC(=O)C1COC(C)(C)C1=O. The molecule has 4 heteroatoms. The highest BCUT2D eigenvalue weighted by molar-refractivity contribution is 6.07. The van der Waals surface area contributed by atoms with Gasteiger partial charge >= 0.3 is 0 Å². The molecule has 1 heterocycles. The number of ketones is 2. The minimum atomic E-state index is -0.798. The Hall–Kier alpha value is -0.740. The Kier molecular flexibility index (Phi) is 3.39. The number of rotatable bonds is 4. The number of hydrogen-bond donors (Lipinski definition) is 0. The normalized spacial score (nSPS) is 25.4. The zero-order valence-corrected chi connectivity index (χ0v) is 8.83. The van der Waals surface area contributed by atoms with Gasteiger partial charge in [0.15, 0.2) is 5.78 Å². The minimum absolute atomic E-state index is 0.0811. The van der Waals surface area contributed by atoms with E-state index in [4.69, 9.17) is 9.47 Å². The van der Waals surface area contributed by atoms with Crippen LogP contribution in [0.3, 0.4) is 0 Å². The quantitative estimate of drug-likeness (QED) is 0.623. The van der Waals surface area contributed by atoms with Crippen molar-refractivity contribution in [3.8, 4) is 0 Å². The largest absolute Gasteiger partial charge is 0.384 e. The third-order valence-corrected chi connectivity index (χ3v) is 2.46. The van der Waals surface area contributed by atoms with E-state index in [0.717, 1.165) is 0 Å². The van der Waals surface area contributed by atoms with E-state index in [-0.39, 0.29) is 24.6 Å². The maximum Gasteiger partial charge on any atom is 0.176 e. The lowest BCUT2D eigenvalue weighted by molar-refractivity contribution is -0.134. The summed E-state index contributed by atoms with van der Waals surface area (Å²) < 4.78 is 10.0. The van der Waals surface area contributed by atoms with Crippen LogP contribution < -0.4 is 0 Å². The molecular weight excluding hydrogens is 184 g/mol. The number of carbonyl (C=O) groups is 2. The van der Waals surface area contributed by atoms with Crippen LogP contribution in [0.5, 0.6) is 0 Å². The number of hydrogen-bond acceptors (Lipinski definition) is 4. The molecule has 0 amide bonds. The first kappa shape index (κ1) is 11.3. The van der Waals surface area contributed by atoms with Gasteiger partial charge in [0.25, 0.3) is 0 Å². The zero-order chi connectivity index (χ0) is 10.8. The molecule has 0 radical (unpaired) electrons. The van der Waals surface area contributed by atoms with Gasteiger partial charge in [0.1, 0.15) is 17.3 Å². The van der Waals surface area contributed by atoms with Crippen LogP contribution in [-0.2, 0) is 19.1 Å². The molecule has 14 heavy (non-hydrogen) atoms. The van der Waals surface area contributed by atoms with Crippen LogP contribution in [0.25, 0.3) is 0 Å². The summed E-state index contributed by atoms with van der Waals surface area (Å²) in [5.41, 5.74) is -0.798. The molecule has 0 saturated carbocycles. The second kappa shape index (κ2) is 4.19. The van der Waals surface area contributed by atoms with Gasteiger partial charge in [0.2, 0.25) is 0 Å². The van der Waals surface area contributed by atoms with Gasteiger partial charge < -0.3 is 9.47 Å². The highest BCUT2D eigenvalue weighted by Crippen LogP contribution is 2.26. The molecule has 1 saturated heterocycles. The average molecular weight is 200 g/mol. The summed E-state index contributed by atoms with van der Waals surface area (Å²) in [6, 6.07) is 0. The first-order valence-electron chi connectivity index (χ1n) is 4.69. The van der Waals surface area contributed by atoms with Gasteiger partial charge in [-0.15, -0.1) is 0 Å². The molecule has 0 aliphatic carbocycles. The van der Waals surface area contributed by atoms with Gasteiger partial charge in [0, 0.05) is 13.5 Å². The third-order valence-electron chi connectivity index (χ3n) is 2.46. The summed E-state index contributed by atoms with van der Waals surface area (Å²) in [5, 5.41) is 0. The first-order valence-corrected chi connectivity index (χ1v) is 4.69. The van der Waals surface area contributed by atoms with Crippen molar-refractivity contribution < 1.29 is 19.1 Å². The van der Waals surface area contributed by atoms with Crippen molar-refractivity contribution >= 4 is 11.6 Å². The van der Waals surface area contributed by atoms with Crippen LogP contribution in [0, 0.1) is 5.92 Å². The van der Waals surface area contributed by atoms with E-state index in [1.165, 1.54) is 7.11 Å². The smallest absolute Gasteiger partial charge is 0.176 e. The van der Waals surface area contributed by atoms with Gasteiger partial charge in [-0.1, -0.05) is 0 Å². The molecular formula is C10H16O4. The average Bonchev–Trinajstić information content (AvgIpc) is 2.39. The molecule has 0 spiro atoms. The molecule has 1 fully saturated rings. The maximum atomic E-state index is 11.6. The summed E-state index contributed by atoms with van der Waals surface area (Å²) in [5.74, 6) is -0.777. The summed E-state index contributed by atoms with van der Waals surface area (Å²) >= 11 is 0. The Labute approximate surface area is 83.6 Å². The lowest BCUT2D eigenvalue weighted by Gasteiger charge is -2.13. The van der Waals surface area contributed by atoms with Gasteiger partial charge in [-0.2, -0.15) is 0 Å². The van der Waals surface area contributed by atoms with Crippen molar-refractivity contribution in [2.24, 2.45) is 5.92 Å². The monoisotopic (exact) mass is 200 g/mol. The first-order chi connectivity index (χ1) is 6.49. The number of ether oxygens (including phenoxy) is 2. The van der Waals surface area contributed by atoms with Crippen molar-refractivity contribution in [1.82, 2.24) is 0 Å². The molecule has 1 atom stereocenters. The maximum absolute atomic E-state index is 11.6. The van der Waals surface area contributed by atoms with Crippen molar-refractivity contribution in [2.75, 3.05) is 20.3 Å². The van der Waals surface area contributed by atoms with Crippen LogP contribution >= 0.6 is 0 Å². The summed E-state index contributed by atoms with van der Waals surface area (Å²) in [7, 11) is 1.53. The second-order valence-corrected chi connectivity index (χ2v) is 3.95. The Bertz CT molecular complexity index is 245. The molecule has 1 rings (SSSR count). The predicted octanol–water partition coefficient (Wildman–Crippen LogP) is 0.586. The van der Waals surface area contributed by atoms with Crippen LogP contribution in [0.1, 0.15) is 20.3 Å². The fourth-order valence-corrected chi connectivity index (χ4v) is 1.47. The molecule has 1 unspecified atom stereocenters. The second-order valence-electron chi connectivity index (χ2n) is 3.95. The van der Waals surface area contributed by atoms with E-state index in [1.807, 2.05) is 0 Å². The lowest BCUT2D eigenvalue weighted by atomic mass is 9.91. The molecule has 4 nitrogen and oxygen atoms in total. The lowest BCUT2D eigenvalue weighted by Crippen LogP contribution is -2.33. The highest BCUT2D eigenvalue weighted by Gasteiger charge is 2.44. The van der Waals surface area contributed by atoms with Crippen LogP contribution in [0.15, 0.2) is 0 Å². The zero-order valence-electron chi connectivity index (χ0n) is 8.83. The molecule has 80 valence electrons.